The third-order valence-electron chi connectivity index (χ3n) is 4.05. The molecule has 0 bridgehead atoms. The van der Waals surface area contributed by atoms with Crippen LogP contribution in [-0.2, 0) is 12.0 Å². The number of hydrogen-bond donors (Lipinski definition) is 2. The van der Waals surface area contributed by atoms with Crippen molar-refractivity contribution in [1.82, 2.24) is 20.3 Å². The molecular weight excluding hydrogens is 338 g/mol. The smallest absolute Gasteiger partial charge is 0.270 e. The molecule has 1 amide bonds. The van der Waals surface area contributed by atoms with Gasteiger partial charge in [-0.25, -0.2) is 9.97 Å². The van der Waals surface area contributed by atoms with Crippen molar-refractivity contribution in [1.29, 1.82) is 0 Å². The number of carbonyl (C=O) groups excluding carboxylic acids is 1. The van der Waals surface area contributed by atoms with Crippen molar-refractivity contribution >= 4 is 17.4 Å². The minimum Gasteiger partial charge on any atom is -0.345 e. The highest BCUT2D eigenvalue weighted by molar-refractivity contribution is 5.92. The van der Waals surface area contributed by atoms with Crippen LogP contribution < -0.4 is 10.6 Å². The highest BCUT2D eigenvalue weighted by atomic mass is 16.1. The van der Waals surface area contributed by atoms with Gasteiger partial charge in [-0.15, -0.1) is 0 Å². The van der Waals surface area contributed by atoms with Crippen LogP contribution in [0.25, 0.3) is 0 Å². The van der Waals surface area contributed by atoms with Crippen molar-refractivity contribution in [3.63, 3.8) is 0 Å². The molecule has 0 saturated heterocycles. The summed E-state index contributed by atoms with van der Waals surface area (Å²) in [6, 6.07) is 15.3. The first-order valence-electron chi connectivity index (χ1n) is 8.80. The molecule has 27 heavy (non-hydrogen) atoms. The lowest BCUT2D eigenvalue weighted by Gasteiger charge is -2.23. The van der Waals surface area contributed by atoms with Gasteiger partial charge < -0.3 is 10.6 Å². The molecule has 0 radical (unpaired) electrons. The molecular formula is C21H23N5O. The van der Waals surface area contributed by atoms with E-state index in [1.54, 1.807) is 12.3 Å². The van der Waals surface area contributed by atoms with Gasteiger partial charge in [-0.1, -0.05) is 45.0 Å². The van der Waals surface area contributed by atoms with Gasteiger partial charge in [0.2, 0.25) is 0 Å². The van der Waals surface area contributed by atoms with Crippen LogP contribution in [0.2, 0.25) is 0 Å². The maximum Gasteiger partial charge on any atom is 0.270 e. The molecule has 2 N–H and O–H groups in total. The van der Waals surface area contributed by atoms with Crippen LogP contribution in [0.15, 0.2) is 61.1 Å². The second-order valence-electron chi connectivity index (χ2n) is 7.21. The van der Waals surface area contributed by atoms with E-state index in [0.29, 0.717) is 18.1 Å². The Morgan fingerprint density at radius 3 is 2.52 bits per heavy atom. The molecule has 1 aromatic carbocycles. The Morgan fingerprint density at radius 2 is 1.78 bits per heavy atom. The fourth-order valence-electron chi connectivity index (χ4n) is 2.70. The van der Waals surface area contributed by atoms with E-state index in [2.05, 4.69) is 52.4 Å². The number of aromatic nitrogens is 3. The Hall–Kier alpha value is -3.28. The van der Waals surface area contributed by atoms with E-state index in [1.165, 1.54) is 11.9 Å². The summed E-state index contributed by atoms with van der Waals surface area (Å²) in [5.41, 5.74) is 3.21. The van der Waals surface area contributed by atoms with Crippen LogP contribution in [0.3, 0.4) is 0 Å². The Bertz CT molecular complexity index is 919. The zero-order chi connectivity index (χ0) is 19.3. The number of hydrogen-bond acceptors (Lipinski definition) is 5. The summed E-state index contributed by atoms with van der Waals surface area (Å²) in [5, 5.41) is 6.13. The Kier molecular flexibility index (Phi) is 5.45. The predicted octanol–water partition coefficient (Wildman–Crippen LogP) is 3.84. The largest absolute Gasteiger partial charge is 0.345 e. The molecule has 3 rings (SSSR count). The molecule has 0 unspecified atom stereocenters. The predicted molar refractivity (Wildman–Crippen MR) is 106 cm³/mol. The van der Waals surface area contributed by atoms with Gasteiger partial charge in [-0.05, 0) is 29.2 Å². The van der Waals surface area contributed by atoms with E-state index in [9.17, 15) is 4.79 Å². The van der Waals surface area contributed by atoms with E-state index in [-0.39, 0.29) is 11.3 Å². The maximum atomic E-state index is 12.4. The van der Waals surface area contributed by atoms with Gasteiger partial charge in [0.05, 0.1) is 12.2 Å². The van der Waals surface area contributed by atoms with Crippen molar-refractivity contribution in [3.05, 3.63) is 78.0 Å². The molecule has 138 valence electrons. The normalized spacial score (nSPS) is 11.1. The summed E-state index contributed by atoms with van der Waals surface area (Å²) >= 11 is 0. The standard InChI is InChI=1S/C21H23N5O/c1-21(2,3)16-9-4-5-10-17(16)26-19-12-18(24-14-25-19)20(27)23-13-15-8-6-7-11-22-15/h4-12,14H,13H2,1-3H3,(H,23,27)(H,24,25,26). The monoisotopic (exact) mass is 361 g/mol. The number of anilines is 2. The third kappa shape index (κ3) is 4.88. The summed E-state index contributed by atoms with van der Waals surface area (Å²) in [5.74, 6) is 0.305. The SMILES string of the molecule is CC(C)(C)c1ccccc1Nc1cc(C(=O)NCc2ccccn2)ncn1. The fourth-order valence-corrected chi connectivity index (χ4v) is 2.70. The number of nitrogens with zero attached hydrogens (tertiary/aromatic N) is 3. The van der Waals surface area contributed by atoms with Crippen molar-refractivity contribution in [3.8, 4) is 0 Å². The van der Waals surface area contributed by atoms with Gasteiger partial charge in [0.25, 0.3) is 5.91 Å². The van der Waals surface area contributed by atoms with Gasteiger partial charge in [-0.2, -0.15) is 0 Å². The van der Waals surface area contributed by atoms with Crippen LogP contribution >= 0.6 is 0 Å². The molecule has 6 nitrogen and oxygen atoms in total. The topological polar surface area (TPSA) is 79.8 Å². The first-order valence-corrected chi connectivity index (χ1v) is 8.80. The van der Waals surface area contributed by atoms with Crippen molar-refractivity contribution < 1.29 is 4.79 Å². The lowest BCUT2D eigenvalue weighted by atomic mass is 9.86. The molecule has 2 aromatic heterocycles. The van der Waals surface area contributed by atoms with Crippen LogP contribution in [0.4, 0.5) is 11.5 Å². The van der Waals surface area contributed by atoms with E-state index in [0.717, 1.165) is 11.4 Å². The second-order valence-corrected chi connectivity index (χ2v) is 7.21. The molecule has 0 aliphatic carbocycles. The minimum atomic E-state index is -0.268. The van der Waals surface area contributed by atoms with Gasteiger partial charge in [0.15, 0.2) is 0 Å². The number of nitrogens with one attached hydrogen (secondary N) is 2. The van der Waals surface area contributed by atoms with Crippen LogP contribution in [-0.4, -0.2) is 20.9 Å². The fraction of sp³-hybridized carbons (Fsp3) is 0.238. The van der Waals surface area contributed by atoms with E-state index in [4.69, 9.17) is 0 Å². The Labute approximate surface area is 159 Å². The molecule has 0 fully saturated rings. The molecule has 0 aliphatic heterocycles. The van der Waals surface area contributed by atoms with Gasteiger partial charge in [-0.3, -0.25) is 9.78 Å². The molecule has 0 aliphatic rings. The highest BCUT2D eigenvalue weighted by Crippen LogP contribution is 2.30. The summed E-state index contributed by atoms with van der Waals surface area (Å²) in [4.78, 5) is 24.9. The molecule has 0 atom stereocenters. The number of amides is 1. The number of benzene rings is 1. The van der Waals surface area contributed by atoms with E-state index < -0.39 is 0 Å². The first-order chi connectivity index (χ1) is 12.9. The van der Waals surface area contributed by atoms with Crippen molar-refractivity contribution in [2.45, 2.75) is 32.7 Å². The van der Waals surface area contributed by atoms with Gasteiger partial charge in [0, 0.05) is 18.0 Å². The summed E-state index contributed by atoms with van der Waals surface area (Å²) < 4.78 is 0. The van der Waals surface area contributed by atoms with E-state index >= 15 is 0 Å². The summed E-state index contributed by atoms with van der Waals surface area (Å²) in [6.45, 7) is 6.82. The van der Waals surface area contributed by atoms with E-state index in [1.807, 2.05) is 36.4 Å². The van der Waals surface area contributed by atoms with Gasteiger partial charge >= 0.3 is 0 Å². The zero-order valence-corrected chi connectivity index (χ0v) is 15.7. The summed E-state index contributed by atoms with van der Waals surface area (Å²) in [6.07, 6.45) is 3.08. The summed E-state index contributed by atoms with van der Waals surface area (Å²) in [7, 11) is 0. The Morgan fingerprint density at radius 1 is 1.00 bits per heavy atom. The van der Waals surface area contributed by atoms with Crippen LogP contribution in [0.1, 0.15) is 42.5 Å². The quantitative estimate of drug-likeness (QED) is 0.722. The Balaban J connectivity index is 1.74. The number of para-hydroxylation sites is 1. The maximum absolute atomic E-state index is 12.4. The van der Waals surface area contributed by atoms with Gasteiger partial charge in [0.1, 0.15) is 17.8 Å². The lowest BCUT2D eigenvalue weighted by Crippen LogP contribution is -2.24. The molecule has 2 heterocycles. The first kappa shape index (κ1) is 18.5. The number of rotatable bonds is 5. The molecule has 0 spiro atoms. The minimum absolute atomic E-state index is 0.0144. The average molecular weight is 361 g/mol. The second kappa shape index (κ2) is 7.95. The van der Waals surface area contributed by atoms with Crippen molar-refractivity contribution in [2.24, 2.45) is 0 Å². The van der Waals surface area contributed by atoms with Crippen LogP contribution in [0.5, 0.6) is 0 Å². The molecule has 3 aromatic rings. The highest BCUT2D eigenvalue weighted by Gasteiger charge is 2.18. The molecule has 6 heteroatoms. The zero-order valence-electron chi connectivity index (χ0n) is 15.7. The number of pyridine rings is 1. The average Bonchev–Trinajstić information content (AvgIpc) is 2.67. The number of carbonyl (C=O) groups is 1. The third-order valence-corrected chi connectivity index (χ3v) is 4.05. The molecule has 0 saturated carbocycles. The van der Waals surface area contributed by atoms with Crippen molar-refractivity contribution in [2.75, 3.05) is 5.32 Å². The lowest BCUT2D eigenvalue weighted by molar-refractivity contribution is 0.0945. The van der Waals surface area contributed by atoms with Crippen LogP contribution in [0, 0.1) is 0 Å².